The van der Waals surface area contributed by atoms with Crippen LogP contribution in [0.25, 0.3) is 11.3 Å². The predicted molar refractivity (Wildman–Crippen MR) is 147 cm³/mol. The van der Waals surface area contributed by atoms with Crippen molar-refractivity contribution in [3.63, 3.8) is 0 Å². The van der Waals surface area contributed by atoms with E-state index in [0.29, 0.717) is 47.1 Å². The molecule has 4 aromatic rings. The van der Waals surface area contributed by atoms with Crippen LogP contribution in [-0.2, 0) is 6.42 Å². The first-order valence-corrected chi connectivity index (χ1v) is 13.1. The molecule has 8 heteroatoms. The first-order chi connectivity index (χ1) is 18.5. The van der Waals surface area contributed by atoms with Crippen LogP contribution in [0.3, 0.4) is 0 Å². The summed E-state index contributed by atoms with van der Waals surface area (Å²) in [6.45, 7) is 3.24. The zero-order valence-electron chi connectivity index (χ0n) is 21.4. The van der Waals surface area contributed by atoms with Crippen molar-refractivity contribution >= 4 is 17.5 Å². The lowest BCUT2D eigenvalue weighted by molar-refractivity contribution is 0.0745. The van der Waals surface area contributed by atoms with Crippen molar-refractivity contribution in [3.8, 4) is 28.5 Å². The van der Waals surface area contributed by atoms with Crippen molar-refractivity contribution in [2.75, 3.05) is 20.3 Å². The molecule has 0 radical (unpaired) electrons. The molecular formula is C30H30ClN3O4. The standard InChI is InChI=1S/C30H30ClN3O4/c1-3-4-16-38-23-7-5-6-20(17-23)29-26-27(24-18-21(31)10-13-25(24)35)32-33-28(26)30(36)34(29)15-14-19-8-11-22(37-2)12-9-19/h5-13,17-18,29,35H,3-4,14-16H2,1-2H3,(H,32,33). The molecule has 1 aliphatic rings. The van der Waals surface area contributed by atoms with Gasteiger partial charge in [0.15, 0.2) is 0 Å². The van der Waals surface area contributed by atoms with E-state index in [0.717, 1.165) is 35.5 Å². The summed E-state index contributed by atoms with van der Waals surface area (Å²) in [6.07, 6.45) is 2.67. The number of halogens is 1. The molecule has 196 valence electrons. The lowest BCUT2D eigenvalue weighted by atomic mass is 9.95. The SMILES string of the molecule is CCCCOc1cccc(C2c3c(-c4cc(Cl)ccc4O)n[nH]c3C(=O)N2CCc2ccc(OC)cc2)c1. The highest BCUT2D eigenvalue weighted by atomic mass is 35.5. The summed E-state index contributed by atoms with van der Waals surface area (Å²) < 4.78 is 11.3. The monoisotopic (exact) mass is 531 g/mol. The Bertz CT molecular complexity index is 1430. The molecule has 0 aliphatic carbocycles. The van der Waals surface area contributed by atoms with E-state index in [1.807, 2.05) is 53.4 Å². The van der Waals surface area contributed by atoms with Crippen LogP contribution in [0.5, 0.6) is 17.2 Å². The van der Waals surface area contributed by atoms with Crippen LogP contribution in [-0.4, -0.2) is 46.4 Å². The number of aromatic nitrogens is 2. The van der Waals surface area contributed by atoms with Gasteiger partial charge in [0.05, 0.1) is 19.8 Å². The van der Waals surface area contributed by atoms with E-state index in [4.69, 9.17) is 21.1 Å². The number of phenols is 1. The quantitative estimate of drug-likeness (QED) is 0.231. The summed E-state index contributed by atoms with van der Waals surface area (Å²) in [7, 11) is 1.64. The van der Waals surface area contributed by atoms with Gasteiger partial charge in [-0.15, -0.1) is 0 Å². The van der Waals surface area contributed by atoms with Crippen LogP contribution >= 0.6 is 11.6 Å². The van der Waals surface area contributed by atoms with Gasteiger partial charge in [-0.25, -0.2) is 0 Å². The van der Waals surface area contributed by atoms with E-state index >= 15 is 0 Å². The Balaban J connectivity index is 1.54. The van der Waals surface area contributed by atoms with E-state index < -0.39 is 6.04 Å². The Morgan fingerprint density at radius 1 is 1.08 bits per heavy atom. The van der Waals surface area contributed by atoms with Crippen molar-refractivity contribution < 1.29 is 19.4 Å². The number of carbonyl (C=O) groups is 1. The number of rotatable bonds is 10. The number of fused-ring (bicyclic) bond motifs is 1. The number of nitrogens with one attached hydrogen (secondary N) is 1. The number of phenolic OH excluding ortho intramolecular Hbond substituents is 1. The maximum absolute atomic E-state index is 13.7. The fraction of sp³-hybridized carbons (Fsp3) is 0.267. The first kappa shape index (κ1) is 25.7. The number of hydrogen-bond acceptors (Lipinski definition) is 5. The Morgan fingerprint density at radius 2 is 1.89 bits per heavy atom. The lowest BCUT2D eigenvalue weighted by Gasteiger charge is -2.27. The fourth-order valence-electron chi connectivity index (χ4n) is 4.83. The molecule has 7 nitrogen and oxygen atoms in total. The van der Waals surface area contributed by atoms with E-state index in [2.05, 4.69) is 17.1 Å². The number of aromatic hydroxyl groups is 1. The van der Waals surface area contributed by atoms with Crippen LogP contribution < -0.4 is 9.47 Å². The topological polar surface area (TPSA) is 87.7 Å². The molecule has 0 saturated carbocycles. The van der Waals surface area contributed by atoms with Crippen LogP contribution in [0.15, 0.2) is 66.7 Å². The second-order valence-corrected chi connectivity index (χ2v) is 9.73. The van der Waals surface area contributed by atoms with Gasteiger partial charge in [-0.2, -0.15) is 5.10 Å². The smallest absolute Gasteiger partial charge is 0.273 e. The van der Waals surface area contributed by atoms with Crippen LogP contribution in [0.4, 0.5) is 0 Å². The molecule has 2 N–H and O–H groups in total. The van der Waals surface area contributed by atoms with Gasteiger partial charge in [0.25, 0.3) is 5.91 Å². The number of carbonyl (C=O) groups excluding carboxylic acids is 1. The molecule has 0 spiro atoms. The van der Waals surface area contributed by atoms with Crippen LogP contribution in [0.1, 0.15) is 53.0 Å². The van der Waals surface area contributed by atoms with Gasteiger partial charge in [0, 0.05) is 22.7 Å². The molecule has 3 aromatic carbocycles. The Labute approximate surface area is 227 Å². The normalized spacial score (nSPS) is 14.6. The predicted octanol–water partition coefficient (Wildman–Crippen LogP) is 6.41. The van der Waals surface area contributed by atoms with Crippen molar-refractivity contribution in [2.45, 2.75) is 32.2 Å². The minimum absolute atomic E-state index is 0.0447. The number of unbranched alkanes of at least 4 members (excludes halogenated alkanes) is 1. The molecule has 1 unspecified atom stereocenters. The molecule has 0 fully saturated rings. The number of H-pyrrole nitrogens is 1. The fourth-order valence-corrected chi connectivity index (χ4v) is 5.00. The summed E-state index contributed by atoms with van der Waals surface area (Å²) >= 11 is 6.26. The highest BCUT2D eigenvalue weighted by Crippen LogP contribution is 2.45. The summed E-state index contributed by atoms with van der Waals surface area (Å²) in [5, 5.41) is 18.5. The Morgan fingerprint density at radius 3 is 2.66 bits per heavy atom. The zero-order valence-corrected chi connectivity index (χ0v) is 22.2. The van der Waals surface area contributed by atoms with Gasteiger partial charge >= 0.3 is 0 Å². The number of benzene rings is 3. The van der Waals surface area contributed by atoms with Gasteiger partial charge in [-0.3, -0.25) is 9.89 Å². The second-order valence-electron chi connectivity index (χ2n) is 9.30. The van der Waals surface area contributed by atoms with Gasteiger partial charge in [0.2, 0.25) is 0 Å². The number of ether oxygens (including phenoxy) is 2. The van der Waals surface area contributed by atoms with E-state index in [1.165, 1.54) is 6.07 Å². The van der Waals surface area contributed by atoms with E-state index in [9.17, 15) is 9.90 Å². The average molecular weight is 532 g/mol. The second kappa shape index (κ2) is 11.2. The van der Waals surface area contributed by atoms with Crippen molar-refractivity contribution in [2.24, 2.45) is 0 Å². The number of aromatic amines is 1. The van der Waals surface area contributed by atoms with Gasteiger partial charge in [-0.1, -0.05) is 49.2 Å². The average Bonchev–Trinajstić information content (AvgIpc) is 3.48. The number of hydrogen-bond donors (Lipinski definition) is 2. The lowest BCUT2D eigenvalue weighted by Crippen LogP contribution is -2.31. The van der Waals surface area contributed by atoms with Crippen molar-refractivity contribution in [1.82, 2.24) is 15.1 Å². The van der Waals surface area contributed by atoms with E-state index in [-0.39, 0.29) is 11.7 Å². The third-order valence-corrected chi connectivity index (χ3v) is 7.05. The maximum Gasteiger partial charge on any atom is 0.273 e. The summed E-state index contributed by atoms with van der Waals surface area (Å²) in [5.41, 5.74) is 4.10. The van der Waals surface area contributed by atoms with Crippen LogP contribution in [0.2, 0.25) is 5.02 Å². The minimum Gasteiger partial charge on any atom is -0.507 e. The number of amides is 1. The molecule has 38 heavy (non-hydrogen) atoms. The van der Waals surface area contributed by atoms with Crippen LogP contribution in [0, 0.1) is 0 Å². The Hall–Kier alpha value is -3.97. The Kier molecular flexibility index (Phi) is 7.56. The third kappa shape index (κ3) is 5.07. The van der Waals surface area contributed by atoms with Crippen molar-refractivity contribution in [3.05, 3.63) is 94.1 Å². The third-order valence-electron chi connectivity index (χ3n) is 6.82. The van der Waals surface area contributed by atoms with E-state index in [1.54, 1.807) is 19.2 Å². The summed E-state index contributed by atoms with van der Waals surface area (Å²) in [5.74, 6) is 1.44. The molecule has 1 aromatic heterocycles. The molecular weight excluding hydrogens is 502 g/mol. The molecule has 0 saturated heterocycles. The first-order valence-electron chi connectivity index (χ1n) is 12.7. The zero-order chi connectivity index (χ0) is 26.6. The summed E-state index contributed by atoms with van der Waals surface area (Å²) in [6, 6.07) is 20.1. The number of methoxy groups -OCH3 is 1. The highest BCUT2D eigenvalue weighted by molar-refractivity contribution is 6.31. The molecule has 0 bridgehead atoms. The molecule has 5 rings (SSSR count). The van der Waals surface area contributed by atoms with Gasteiger partial charge in [-0.05, 0) is 66.4 Å². The number of nitrogens with zero attached hydrogens (tertiary/aromatic N) is 2. The molecule has 1 aliphatic heterocycles. The largest absolute Gasteiger partial charge is 0.507 e. The summed E-state index contributed by atoms with van der Waals surface area (Å²) in [4.78, 5) is 15.6. The molecule has 2 heterocycles. The molecule has 1 amide bonds. The van der Waals surface area contributed by atoms with Gasteiger partial charge in [0.1, 0.15) is 28.6 Å². The minimum atomic E-state index is -0.419. The highest BCUT2D eigenvalue weighted by Gasteiger charge is 2.42. The maximum atomic E-state index is 13.7. The van der Waals surface area contributed by atoms with Gasteiger partial charge < -0.3 is 19.5 Å². The van der Waals surface area contributed by atoms with Crippen molar-refractivity contribution in [1.29, 1.82) is 0 Å². The molecule has 1 atom stereocenters.